The summed E-state index contributed by atoms with van der Waals surface area (Å²) in [4.78, 5) is 38.7. The van der Waals surface area contributed by atoms with E-state index in [1.807, 2.05) is 47.6 Å². The number of carbonyl (C=O) groups excluding carboxylic acids is 3. The zero-order chi connectivity index (χ0) is 19.9. The summed E-state index contributed by atoms with van der Waals surface area (Å²) in [5, 5.41) is 2.69. The molecule has 0 aromatic heterocycles. The van der Waals surface area contributed by atoms with E-state index in [0.29, 0.717) is 5.56 Å². The number of hydrogen-bond acceptors (Lipinski definition) is 4. The van der Waals surface area contributed by atoms with Gasteiger partial charge in [-0.25, -0.2) is 4.79 Å². The third-order valence-corrected chi connectivity index (χ3v) is 3.98. The van der Waals surface area contributed by atoms with Crippen LogP contribution in [0.5, 0.6) is 0 Å². The van der Waals surface area contributed by atoms with Gasteiger partial charge < -0.3 is 15.0 Å². The maximum atomic E-state index is 12.4. The van der Waals surface area contributed by atoms with Crippen LogP contribution < -0.4 is 5.32 Å². The van der Waals surface area contributed by atoms with Gasteiger partial charge in [0.05, 0.1) is 0 Å². The lowest BCUT2D eigenvalue weighted by molar-refractivity contribution is -0.155. The maximum absolute atomic E-state index is 12.4. The van der Waals surface area contributed by atoms with Crippen LogP contribution in [0.1, 0.15) is 51.9 Å². The van der Waals surface area contributed by atoms with Gasteiger partial charge in [0.25, 0.3) is 11.8 Å². The van der Waals surface area contributed by atoms with Crippen molar-refractivity contribution in [2.24, 2.45) is 5.92 Å². The number of esters is 1. The standard InChI is InChI=1S/C20H30N2O4/c1-13(2)18(21-19(24)16-10-8-7-9-11-16)20(25)26-12-17(23)22(14(3)4)15(5)6/h7-11,13-15,18H,12H2,1-6H3,(H,21,24)/t18-/m1/s1. The monoisotopic (exact) mass is 362 g/mol. The van der Waals surface area contributed by atoms with Gasteiger partial charge in [0, 0.05) is 17.6 Å². The molecular formula is C20H30N2O4. The second kappa shape index (κ2) is 9.94. The number of nitrogens with one attached hydrogen (secondary N) is 1. The number of carbonyl (C=O) groups is 3. The molecule has 0 saturated carbocycles. The molecule has 0 unspecified atom stereocenters. The number of nitrogens with zero attached hydrogens (tertiary/aromatic N) is 1. The Morgan fingerprint density at radius 1 is 0.962 bits per heavy atom. The average Bonchev–Trinajstić information content (AvgIpc) is 2.57. The van der Waals surface area contributed by atoms with Crippen molar-refractivity contribution in [2.45, 2.75) is 59.7 Å². The molecule has 0 aliphatic rings. The van der Waals surface area contributed by atoms with Gasteiger partial charge in [0.1, 0.15) is 6.04 Å². The Balaban J connectivity index is 2.71. The molecule has 1 N–H and O–H groups in total. The highest BCUT2D eigenvalue weighted by Crippen LogP contribution is 2.09. The first-order valence-corrected chi connectivity index (χ1v) is 8.98. The summed E-state index contributed by atoms with van der Waals surface area (Å²) in [6.07, 6.45) is 0. The van der Waals surface area contributed by atoms with Crippen LogP contribution >= 0.6 is 0 Å². The van der Waals surface area contributed by atoms with E-state index in [1.165, 1.54) is 0 Å². The molecule has 144 valence electrons. The molecule has 2 amide bonds. The SMILES string of the molecule is CC(C)[C@@H](NC(=O)c1ccccc1)C(=O)OCC(=O)N(C(C)C)C(C)C. The van der Waals surface area contributed by atoms with E-state index in [-0.39, 0.29) is 36.4 Å². The van der Waals surface area contributed by atoms with Gasteiger partial charge in [0.2, 0.25) is 0 Å². The molecule has 0 spiro atoms. The van der Waals surface area contributed by atoms with Crippen LogP contribution in [-0.2, 0) is 14.3 Å². The highest BCUT2D eigenvalue weighted by atomic mass is 16.5. The fourth-order valence-corrected chi connectivity index (χ4v) is 2.78. The van der Waals surface area contributed by atoms with E-state index in [2.05, 4.69) is 5.32 Å². The minimum atomic E-state index is -0.818. The van der Waals surface area contributed by atoms with Crippen molar-refractivity contribution in [1.29, 1.82) is 0 Å². The molecule has 0 aliphatic carbocycles. The van der Waals surface area contributed by atoms with Gasteiger partial charge in [-0.05, 0) is 45.7 Å². The van der Waals surface area contributed by atoms with Crippen molar-refractivity contribution in [3.05, 3.63) is 35.9 Å². The molecule has 1 aromatic rings. The lowest BCUT2D eigenvalue weighted by Gasteiger charge is -2.30. The summed E-state index contributed by atoms with van der Waals surface area (Å²) >= 11 is 0. The zero-order valence-corrected chi connectivity index (χ0v) is 16.5. The van der Waals surface area contributed by atoms with Crippen molar-refractivity contribution in [1.82, 2.24) is 10.2 Å². The molecular weight excluding hydrogens is 332 g/mol. The molecule has 0 bridgehead atoms. The van der Waals surface area contributed by atoms with E-state index in [4.69, 9.17) is 4.74 Å². The molecule has 1 aromatic carbocycles. The Kier molecular flexibility index (Phi) is 8.29. The predicted octanol–water partition coefficient (Wildman–Crippen LogP) is 2.63. The first-order valence-electron chi connectivity index (χ1n) is 8.98. The highest BCUT2D eigenvalue weighted by molar-refractivity contribution is 5.97. The lowest BCUT2D eigenvalue weighted by atomic mass is 10.0. The number of hydrogen-bond donors (Lipinski definition) is 1. The van der Waals surface area contributed by atoms with Crippen LogP contribution in [0.4, 0.5) is 0 Å². The quantitative estimate of drug-likeness (QED) is 0.721. The van der Waals surface area contributed by atoms with Crippen LogP contribution in [0.2, 0.25) is 0 Å². The van der Waals surface area contributed by atoms with Gasteiger partial charge in [-0.15, -0.1) is 0 Å². The van der Waals surface area contributed by atoms with Crippen LogP contribution in [0.15, 0.2) is 30.3 Å². The Bertz CT molecular complexity index is 603. The van der Waals surface area contributed by atoms with Crippen LogP contribution in [0, 0.1) is 5.92 Å². The molecule has 26 heavy (non-hydrogen) atoms. The topological polar surface area (TPSA) is 75.7 Å². The average molecular weight is 362 g/mol. The normalized spacial score (nSPS) is 12.2. The van der Waals surface area contributed by atoms with Gasteiger partial charge in [-0.1, -0.05) is 32.0 Å². The fraction of sp³-hybridized carbons (Fsp3) is 0.550. The minimum Gasteiger partial charge on any atom is -0.454 e. The van der Waals surface area contributed by atoms with Crippen molar-refractivity contribution in [3.8, 4) is 0 Å². The van der Waals surface area contributed by atoms with E-state index in [9.17, 15) is 14.4 Å². The Hall–Kier alpha value is -2.37. The minimum absolute atomic E-state index is 0.0138. The summed E-state index contributed by atoms with van der Waals surface area (Å²) < 4.78 is 5.20. The molecule has 6 heteroatoms. The first-order chi connectivity index (χ1) is 12.1. The van der Waals surface area contributed by atoms with Crippen molar-refractivity contribution >= 4 is 17.8 Å². The Morgan fingerprint density at radius 3 is 1.96 bits per heavy atom. The van der Waals surface area contributed by atoms with Gasteiger partial charge in [0.15, 0.2) is 6.61 Å². The van der Waals surface area contributed by atoms with Crippen molar-refractivity contribution in [3.63, 3.8) is 0 Å². The molecule has 0 heterocycles. The fourth-order valence-electron chi connectivity index (χ4n) is 2.78. The molecule has 0 aliphatic heterocycles. The molecule has 6 nitrogen and oxygen atoms in total. The first kappa shape index (κ1) is 21.7. The summed E-state index contributed by atoms with van der Waals surface area (Å²) in [7, 11) is 0. The zero-order valence-electron chi connectivity index (χ0n) is 16.5. The summed E-state index contributed by atoms with van der Waals surface area (Å²) in [5.41, 5.74) is 0.466. The summed E-state index contributed by atoms with van der Waals surface area (Å²) in [6.45, 7) is 10.9. The maximum Gasteiger partial charge on any atom is 0.329 e. The molecule has 0 radical (unpaired) electrons. The molecule has 0 fully saturated rings. The smallest absolute Gasteiger partial charge is 0.329 e. The Morgan fingerprint density at radius 2 is 1.50 bits per heavy atom. The number of amides is 2. The number of rotatable bonds is 8. The summed E-state index contributed by atoms with van der Waals surface area (Å²) in [6, 6.07) is 7.87. The van der Waals surface area contributed by atoms with Crippen LogP contribution in [0.3, 0.4) is 0 Å². The molecule has 0 saturated heterocycles. The highest BCUT2D eigenvalue weighted by Gasteiger charge is 2.28. The third kappa shape index (κ3) is 6.17. The van der Waals surface area contributed by atoms with E-state index in [1.54, 1.807) is 29.2 Å². The van der Waals surface area contributed by atoms with Gasteiger partial charge >= 0.3 is 5.97 Å². The largest absolute Gasteiger partial charge is 0.454 e. The van der Waals surface area contributed by atoms with Crippen molar-refractivity contribution < 1.29 is 19.1 Å². The van der Waals surface area contributed by atoms with Gasteiger partial charge in [-0.3, -0.25) is 9.59 Å². The third-order valence-electron chi connectivity index (χ3n) is 3.98. The van der Waals surface area contributed by atoms with E-state index >= 15 is 0 Å². The Labute approximate surface area is 155 Å². The summed E-state index contributed by atoms with van der Waals surface area (Å²) in [5.74, 6) is -1.37. The van der Waals surface area contributed by atoms with Crippen molar-refractivity contribution in [2.75, 3.05) is 6.61 Å². The van der Waals surface area contributed by atoms with Crippen LogP contribution in [-0.4, -0.2) is 47.4 Å². The second-order valence-electron chi connectivity index (χ2n) is 7.16. The predicted molar refractivity (Wildman–Crippen MR) is 101 cm³/mol. The lowest BCUT2D eigenvalue weighted by Crippen LogP contribution is -2.48. The van der Waals surface area contributed by atoms with Gasteiger partial charge in [-0.2, -0.15) is 0 Å². The van der Waals surface area contributed by atoms with E-state index in [0.717, 1.165) is 0 Å². The number of ether oxygens (including phenoxy) is 1. The van der Waals surface area contributed by atoms with Crippen LogP contribution in [0.25, 0.3) is 0 Å². The second-order valence-corrected chi connectivity index (χ2v) is 7.16. The molecule has 1 rings (SSSR count). The van der Waals surface area contributed by atoms with E-state index < -0.39 is 12.0 Å². The number of benzene rings is 1. The molecule has 1 atom stereocenters.